The summed E-state index contributed by atoms with van der Waals surface area (Å²) in [5, 5.41) is 16.5. The Balaban J connectivity index is 0.00000312. The van der Waals surface area contributed by atoms with Crippen molar-refractivity contribution in [3.63, 3.8) is 0 Å². The Hall–Kier alpha value is -1.70. The molecule has 138 valence electrons. The van der Waals surface area contributed by atoms with Crippen molar-refractivity contribution in [1.29, 1.82) is 0 Å². The number of aromatic hydroxyl groups is 1. The number of benzene rings is 1. The van der Waals surface area contributed by atoms with Crippen LogP contribution in [0, 0.1) is 20.8 Å². The van der Waals surface area contributed by atoms with Crippen molar-refractivity contribution >= 4 is 29.9 Å². The second-order valence-electron chi connectivity index (χ2n) is 6.09. The maximum absolute atomic E-state index is 9.87. The van der Waals surface area contributed by atoms with Crippen LogP contribution < -0.4 is 10.6 Å². The zero-order valence-corrected chi connectivity index (χ0v) is 17.8. The van der Waals surface area contributed by atoms with Gasteiger partial charge in [-0.2, -0.15) is 0 Å². The molecule has 0 bridgehead atoms. The lowest BCUT2D eigenvalue weighted by atomic mass is 10.1. The molecule has 0 spiro atoms. The fourth-order valence-corrected chi connectivity index (χ4v) is 2.59. The molecule has 0 aliphatic heterocycles. The highest BCUT2D eigenvalue weighted by atomic mass is 127. The Labute approximate surface area is 167 Å². The summed E-state index contributed by atoms with van der Waals surface area (Å²) in [6.45, 7) is 11.1. The van der Waals surface area contributed by atoms with Crippen molar-refractivity contribution < 1.29 is 9.52 Å². The maximum Gasteiger partial charge on any atom is 0.192 e. The smallest absolute Gasteiger partial charge is 0.192 e. The van der Waals surface area contributed by atoms with Gasteiger partial charge in [0.1, 0.15) is 17.3 Å². The summed E-state index contributed by atoms with van der Waals surface area (Å²) >= 11 is 0. The average molecular weight is 457 g/mol. The minimum atomic E-state index is 0. The Morgan fingerprint density at radius 3 is 2.36 bits per heavy atom. The number of halogens is 1. The van der Waals surface area contributed by atoms with Crippen LogP contribution in [0.1, 0.15) is 48.1 Å². The topological polar surface area (TPSA) is 69.8 Å². The molecule has 0 fully saturated rings. The lowest BCUT2D eigenvalue weighted by molar-refractivity contribution is 0.441. The highest BCUT2D eigenvalue weighted by Crippen LogP contribution is 2.23. The third kappa shape index (κ3) is 5.95. The van der Waals surface area contributed by atoms with Gasteiger partial charge in [0.05, 0.1) is 12.6 Å². The van der Waals surface area contributed by atoms with Crippen molar-refractivity contribution in [3.8, 4) is 5.75 Å². The SMILES string of the molecule is CCNC(=NCc1cc(C)c(O)c(C)c1)NC(C)c1ccc(C)o1.I. The van der Waals surface area contributed by atoms with Gasteiger partial charge < -0.3 is 20.2 Å². The summed E-state index contributed by atoms with van der Waals surface area (Å²) in [4.78, 5) is 4.64. The van der Waals surface area contributed by atoms with E-state index in [1.165, 1.54) is 0 Å². The molecule has 3 N–H and O–H groups in total. The Morgan fingerprint density at radius 2 is 1.84 bits per heavy atom. The van der Waals surface area contributed by atoms with Crippen molar-refractivity contribution in [3.05, 3.63) is 52.5 Å². The van der Waals surface area contributed by atoms with Gasteiger partial charge in [-0.3, -0.25) is 0 Å². The molecule has 1 heterocycles. The number of rotatable bonds is 5. The van der Waals surface area contributed by atoms with E-state index in [0.717, 1.165) is 40.7 Å². The predicted octanol–water partition coefficient (Wildman–Crippen LogP) is 4.34. The third-order valence-corrected chi connectivity index (χ3v) is 3.86. The molecule has 5 nitrogen and oxygen atoms in total. The molecule has 0 radical (unpaired) electrons. The number of hydrogen-bond donors (Lipinski definition) is 3. The molecule has 1 aromatic heterocycles. The lowest BCUT2D eigenvalue weighted by Crippen LogP contribution is -2.38. The zero-order valence-electron chi connectivity index (χ0n) is 15.5. The number of aryl methyl sites for hydroxylation is 3. The molecule has 1 aromatic carbocycles. The van der Waals surface area contributed by atoms with Crippen LogP contribution in [0.5, 0.6) is 5.75 Å². The monoisotopic (exact) mass is 457 g/mol. The standard InChI is InChI=1S/C19H27N3O2.HI/c1-6-20-19(22-15(5)17-8-7-14(4)24-17)21-11-16-9-12(2)18(23)13(3)10-16;/h7-10,15,23H,6,11H2,1-5H3,(H2,20,21,22);1H. The number of furan rings is 1. The van der Waals surface area contributed by atoms with E-state index in [1.807, 2.05) is 58.9 Å². The van der Waals surface area contributed by atoms with Crippen LogP contribution in [-0.2, 0) is 6.54 Å². The molecule has 0 aliphatic carbocycles. The van der Waals surface area contributed by atoms with E-state index < -0.39 is 0 Å². The largest absolute Gasteiger partial charge is 0.507 e. The fraction of sp³-hybridized carbons (Fsp3) is 0.421. The van der Waals surface area contributed by atoms with Crippen LogP contribution in [0.3, 0.4) is 0 Å². The quantitative estimate of drug-likeness (QED) is 0.355. The van der Waals surface area contributed by atoms with Crippen molar-refractivity contribution in [2.45, 2.75) is 47.2 Å². The van der Waals surface area contributed by atoms with Crippen LogP contribution in [0.25, 0.3) is 0 Å². The maximum atomic E-state index is 9.87. The van der Waals surface area contributed by atoms with Gasteiger partial charge in [0, 0.05) is 6.54 Å². The van der Waals surface area contributed by atoms with E-state index in [4.69, 9.17) is 4.42 Å². The molecule has 1 atom stereocenters. The van der Waals surface area contributed by atoms with Crippen LogP contribution in [0.4, 0.5) is 0 Å². The summed E-state index contributed by atoms with van der Waals surface area (Å²) in [5.74, 6) is 2.88. The normalized spacial score (nSPS) is 12.4. The van der Waals surface area contributed by atoms with E-state index in [-0.39, 0.29) is 30.0 Å². The van der Waals surface area contributed by atoms with Crippen molar-refractivity contribution in [2.24, 2.45) is 4.99 Å². The van der Waals surface area contributed by atoms with Gasteiger partial charge >= 0.3 is 0 Å². The molecule has 6 heteroatoms. The summed E-state index contributed by atoms with van der Waals surface area (Å²) in [5.41, 5.74) is 2.82. The minimum absolute atomic E-state index is 0. The summed E-state index contributed by atoms with van der Waals surface area (Å²) in [6, 6.07) is 7.89. The first-order chi connectivity index (χ1) is 11.4. The molecule has 0 saturated carbocycles. The number of phenolic OH excluding ortho intramolecular Hbond substituents is 1. The third-order valence-electron chi connectivity index (χ3n) is 3.86. The number of phenols is 1. The number of guanidine groups is 1. The molecule has 0 saturated heterocycles. The summed E-state index contributed by atoms with van der Waals surface area (Å²) < 4.78 is 5.66. The number of nitrogens with zero attached hydrogens (tertiary/aromatic N) is 1. The van der Waals surface area contributed by atoms with Gasteiger partial charge in [0.2, 0.25) is 0 Å². The van der Waals surface area contributed by atoms with Crippen LogP contribution in [-0.4, -0.2) is 17.6 Å². The number of aliphatic imine (C=N–C) groups is 1. The average Bonchev–Trinajstić information content (AvgIpc) is 2.97. The van der Waals surface area contributed by atoms with Gasteiger partial charge in [0.25, 0.3) is 0 Å². The van der Waals surface area contributed by atoms with E-state index in [1.54, 1.807) is 0 Å². The van der Waals surface area contributed by atoms with Gasteiger partial charge in [0.15, 0.2) is 5.96 Å². The van der Waals surface area contributed by atoms with Gasteiger partial charge in [-0.05, 0) is 63.4 Å². The highest BCUT2D eigenvalue weighted by Gasteiger charge is 2.11. The van der Waals surface area contributed by atoms with E-state index >= 15 is 0 Å². The molecule has 25 heavy (non-hydrogen) atoms. The molecular weight excluding hydrogens is 429 g/mol. The first kappa shape index (κ1) is 21.3. The molecular formula is C19H28IN3O2. The molecule has 0 aliphatic rings. The van der Waals surface area contributed by atoms with E-state index in [9.17, 15) is 5.11 Å². The van der Waals surface area contributed by atoms with Gasteiger partial charge in [-0.25, -0.2) is 4.99 Å². The molecule has 0 amide bonds. The Bertz CT molecular complexity index is 702. The second-order valence-corrected chi connectivity index (χ2v) is 6.09. The number of nitrogens with one attached hydrogen (secondary N) is 2. The second kappa shape index (κ2) is 9.70. The predicted molar refractivity (Wildman–Crippen MR) is 113 cm³/mol. The van der Waals surface area contributed by atoms with Crippen LogP contribution >= 0.6 is 24.0 Å². The Kier molecular flexibility index (Phi) is 8.28. The van der Waals surface area contributed by atoms with Crippen LogP contribution in [0.15, 0.2) is 33.7 Å². The minimum Gasteiger partial charge on any atom is -0.507 e. The van der Waals surface area contributed by atoms with E-state index in [0.29, 0.717) is 12.3 Å². The van der Waals surface area contributed by atoms with Crippen molar-refractivity contribution in [2.75, 3.05) is 6.54 Å². The van der Waals surface area contributed by atoms with Crippen molar-refractivity contribution in [1.82, 2.24) is 10.6 Å². The first-order valence-corrected chi connectivity index (χ1v) is 8.31. The first-order valence-electron chi connectivity index (χ1n) is 8.31. The summed E-state index contributed by atoms with van der Waals surface area (Å²) in [6.07, 6.45) is 0. The van der Waals surface area contributed by atoms with E-state index in [2.05, 4.69) is 15.6 Å². The molecule has 1 unspecified atom stereocenters. The van der Waals surface area contributed by atoms with Gasteiger partial charge in [-0.15, -0.1) is 24.0 Å². The summed E-state index contributed by atoms with van der Waals surface area (Å²) in [7, 11) is 0. The highest BCUT2D eigenvalue weighted by molar-refractivity contribution is 14.0. The molecule has 2 aromatic rings. The number of hydrogen-bond acceptors (Lipinski definition) is 3. The van der Waals surface area contributed by atoms with Gasteiger partial charge in [-0.1, -0.05) is 12.1 Å². The van der Waals surface area contributed by atoms with Crippen LogP contribution in [0.2, 0.25) is 0 Å². The molecule has 2 rings (SSSR count). The zero-order chi connectivity index (χ0) is 17.7. The lowest BCUT2D eigenvalue weighted by Gasteiger charge is -2.16. The fourth-order valence-electron chi connectivity index (χ4n) is 2.59. The Morgan fingerprint density at radius 1 is 1.20 bits per heavy atom.